The van der Waals surface area contributed by atoms with Crippen molar-refractivity contribution < 1.29 is 12.8 Å². The van der Waals surface area contributed by atoms with E-state index in [1.165, 1.54) is 10.4 Å². The zero-order valence-corrected chi connectivity index (χ0v) is 17.4. The van der Waals surface area contributed by atoms with Crippen molar-refractivity contribution in [3.05, 3.63) is 48.8 Å². The fourth-order valence-electron chi connectivity index (χ4n) is 2.69. The molecule has 0 radical (unpaired) electrons. The molecule has 1 aromatic carbocycles. The Bertz CT molecular complexity index is 832. The summed E-state index contributed by atoms with van der Waals surface area (Å²) in [5.41, 5.74) is 1.33. The van der Waals surface area contributed by atoms with Crippen molar-refractivity contribution in [3.63, 3.8) is 0 Å². The fourth-order valence-corrected chi connectivity index (χ4v) is 7.13. The van der Waals surface area contributed by atoms with Gasteiger partial charge in [-0.3, -0.25) is 4.90 Å². The topological polar surface area (TPSA) is 49.4 Å². The summed E-state index contributed by atoms with van der Waals surface area (Å²) >= 11 is 8.01. The second-order valence-corrected chi connectivity index (χ2v) is 9.90. The number of rotatable bonds is 5. The molecule has 0 bridgehead atoms. The molecule has 130 valence electrons. The molecule has 2 heterocycles. The minimum absolute atomic E-state index is 0.0164. The maximum Gasteiger partial charge on any atom is 0.242 e. The minimum atomic E-state index is -3.72. The highest BCUT2D eigenvalue weighted by atomic mass is 79.9. The van der Waals surface area contributed by atoms with Crippen LogP contribution in [0.2, 0.25) is 0 Å². The molecule has 0 atom stereocenters. The Morgan fingerprint density at radius 1 is 1.29 bits per heavy atom. The lowest BCUT2D eigenvalue weighted by molar-refractivity contribution is 0.260. The van der Waals surface area contributed by atoms with E-state index in [0.29, 0.717) is 13.1 Å². The monoisotopic (exact) mass is 496 g/mol. The van der Waals surface area contributed by atoms with Crippen molar-refractivity contribution >= 4 is 53.2 Å². The van der Waals surface area contributed by atoms with Crippen LogP contribution in [0.15, 0.2) is 37.4 Å². The van der Waals surface area contributed by atoms with Gasteiger partial charge in [-0.05, 0) is 67.4 Å². The van der Waals surface area contributed by atoms with Crippen LogP contribution in [0.5, 0.6) is 0 Å². The van der Waals surface area contributed by atoms with E-state index >= 15 is 0 Å². The predicted molar refractivity (Wildman–Crippen MR) is 100 cm³/mol. The molecule has 1 aromatic heterocycles. The number of sulfonamides is 1. The Balaban J connectivity index is 1.62. The van der Waals surface area contributed by atoms with Crippen molar-refractivity contribution in [3.8, 4) is 0 Å². The van der Waals surface area contributed by atoms with Gasteiger partial charge in [0.25, 0.3) is 0 Å². The van der Waals surface area contributed by atoms with Gasteiger partial charge >= 0.3 is 0 Å². The number of benzene rings is 1. The standard InChI is InChI=1S/C15H15Br2FN2O2S2/c16-12-7-11(18)8-13(17)15(12)24(21,22)19-3-5-20-4-1-14-10(9-20)2-6-23-14/h2,6-8,19H,1,3-5,9H2. The second kappa shape index (κ2) is 7.51. The van der Waals surface area contributed by atoms with Crippen LogP contribution in [0.25, 0.3) is 0 Å². The van der Waals surface area contributed by atoms with Crippen LogP contribution in [-0.4, -0.2) is 33.0 Å². The van der Waals surface area contributed by atoms with Crippen molar-refractivity contribution in [2.24, 2.45) is 0 Å². The Hall–Kier alpha value is -0.320. The van der Waals surface area contributed by atoms with Crippen LogP contribution >= 0.6 is 43.2 Å². The molecule has 9 heteroatoms. The Labute approximate surface area is 161 Å². The van der Waals surface area contributed by atoms with Gasteiger partial charge in [0, 0.05) is 40.0 Å². The van der Waals surface area contributed by atoms with Gasteiger partial charge in [0.15, 0.2) is 0 Å². The van der Waals surface area contributed by atoms with Crippen LogP contribution in [0.3, 0.4) is 0 Å². The number of nitrogens with zero attached hydrogens (tertiary/aromatic N) is 1. The third-order valence-corrected chi connectivity index (χ3v) is 8.20. The van der Waals surface area contributed by atoms with E-state index in [-0.39, 0.29) is 13.8 Å². The van der Waals surface area contributed by atoms with Crippen molar-refractivity contribution in [2.75, 3.05) is 19.6 Å². The predicted octanol–water partition coefficient (Wildman–Crippen LogP) is 3.75. The molecule has 0 spiro atoms. The summed E-state index contributed by atoms with van der Waals surface area (Å²) in [6.45, 7) is 2.71. The minimum Gasteiger partial charge on any atom is -0.297 e. The van der Waals surface area contributed by atoms with E-state index in [1.54, 1.807) is 11.3 Å². The molecule has 2 aromatic rings. The molecule has 0 fully saturated rings. The first-order valence-corrected chi connectivity index (χ1v) is 11.2. The number of nitrogens with one attached hydrogen (secondary N) is 1. The largest absolute Gasteiger partial charge is 0.297 e. The first-order chi connectivity index (χ1) is 11.4. The molecule has 1 aliphatic rings. The van der Waals surface area contributed by atoms with Gasteiger partial charge in [0.05, 0.1) is 0 Å². The third kappa shape index (κ3) is 4.08. The molecule has 0 saturated carbocycles. The van der Waals surface area contributed by atoms with Gasteiger partial charge in [0.1, 0.15) is 10.7 Å². The summed E-state index contributed by atoms with van der Waals surface area (Å²) in [4.78, 5) is 3.67. The Kier molecular flexibility index (Phi) is 5.78. The summed E-state index contributed by atoms with van der Waals surface area (Å²) < 4.78 is 41.2. The molecule has 3 rings (SSSR count). The number of fused-ring (bicyclic) bond motifs is 1. The maximum absolute atomic E-state index is 13.3. The second-order valence-electron chi connectivity index (χ2n) is 5.49. The molecule has 1 aliphatic heterocycles. The van der Waals surface area contributed by atoms with Gasteiger partial charge in [0.2, 0.25) is 10.0 Å². The highest BCUT2D eigenvalue weighted by Gasteiger charge is 2.23. The van der Waals surface area contributed by atoms with E-state index in [1.807, 2.05) is 0 Å². The molecule has 1 N–H and O–H groups in total. The molecule has 0 aliphatic carbocycles. The van der Waals surface area contributed by atoms with Crippen LogP contribution in [0.1, 0.15) is 10.4 Å². The van der Waals surface area contributed by atoms with E-state index in [2.05, 4.69) is 52.9 Å². The highest BCUT2D eigenvalue weighted by Crippen LogP contribution is 2.31. The molecule has 4 nitrogen and oxygen atoms in total. The van der Waals surface area contributed by atoms with Crippen LogP contribution in [-0.2, 0) is 23.0 Å². The Morgan fingerprint density at radius 3 is 2.71 bits per heavy atom. The molecular formula is C15H15Br2FN2O2S2. The highest BCUT2D eigenvalue weighted by molar-refractivity contribution is 9.11. The maximum atomic E-state index is 13.3. The molecule has 0 unspecified atom stereocenters. The number of thiophene rings is 1. The molecule has 24 heavy (non-hydrogen) atoms. The SMILES string of the molecule is O=S(=O)(NCCN1CCc2sccc2C1)c1c(Br)cc(F)cc1Br. The van der Waals surface area contributed by atoms with Crippen LogP contribution in [0.4, 0.5) is 4.39 Å². The summed E-state index contributed by atoms with van der Waals surface area (Å²) in [6.07, 6.45) is 1.01. The van der Waals surface area contributed by atoms with Gasteiger partial charge in [-0.15, -0.1) is 11.3 Å². The van der Waals surface area contributed by atoms with Crippen LogP contribution in [0, 0.1) is 5.82 Å². The Morgan fingerprint density at radius 2 is 2.00 bits per heavy atom. The van der Waals surface area contributed by atoms with Gasteiger partial charge in [-0.2, -0.15) is 0 Å². The van der Waals surface area contributed by atoms with Gasteiger partial charge in [-0.1, -0.05) is 0 Å². The lowest BCUT2D eigenvalue weighted by Crippen LogP contribution is -2.37. The summed E-state index contributed by atoms with van der Waals surface area (Å²) in [5, 5.41) is 2.10. The van der Waals surface area contributed by atoms with E-state index < -0.39 is 15.8 Å². The third-order valence-electron chi connectivity index (χ3n) is 3.84. The van der Waals surface area contributed by atoms with Gasteiger partial charge in [-0.25, -0.2) is 17.5 Å². The van der Waals surface area contributed by atoms with Crippen molar-refractivity contribution in [1.82, 2.24) is 9.62 Å². The smallest absolute Gasteiger partial charge is 0.242 e. The average Bonchev–Trinajstić information content (AvgIpc) is 2.93. The lowest BCUT2D eigenvalue weighted by atomic mass is 10.1. The van der Waals surface area contributed by atoms with Crippen molar-refractivity contribution in [1.29, 1.82) is 0 Å². The van der Waals surface area contributed by atoms with Crippen LogP contribution < -0.4 is 4.72 Å². The van der Waals surface area contributed by atoms with E-state index in [9.17, 15) is 12.8 Å². The number of halogens is 3. The first-order valence-electron chi connectivity index (χ1n) is 7.28. The molecule has 0 saturated heterocycles. The summed E-state index contributed by atoms with van der Waals surface area (Å²) in [6, 6.07) is 4.41. The first kappa shape index (κ1) is 18.5. The van der Waals surface area contributed by atoms with Gasteiger partial charge < -0.3 is 0 Å². The normalized spacial score (nSPS) is 15.5. The zero-order valence-electron chi connectivity index (χ0n) is 12.6. The van der Waals surface area contributed by atoms with E-state index in [4.69, 9.17) is 0 Å². The van der Waals surface area contributed by atoms with Crippen molar-refractivity contribution in [2.45, 2.75) is 17.9 Å². The van der Waals surface area contributed by atoms with E-state index in [0.717, 1.165) is 31.6 Å². The fraction of sp³-hybridized carbons (Fsp3) is 0.333. The zero-order chi connectivity index (χ0) is 17.3. The number of hydrogen-bond donors (Lipinski definition) is 1. The lowest BCUT2D eigenvalue weighted by Gasteiger charge is -2.26. The summed E-state index contributed by atoms with van der Waals surface area (Å²) in [5.74, 6) is -0.507. The number of hydrogen-bond acceptors (Lipinski definition) is 4. The molecular weight excluding hydrogens is 483 g/mol. The molecule has 0 amide bonds. The average molecular weight is 498 g/mol. The summed E-state index contributed by atoms with van der Waals surface area (Å²) in [7, 11) is -3.72. The quantitative estimate of drug-likeness (QED) is 0.684.